The van der Waals surface area contributed by atoms with E-state index < -0.39 is 0 Å². The Morgan fingerprint density at radius 2 is 1.82 bits per heavy atom. The SMILES string of the molecule is CCN(CC)c1ccc(C(=O)Nc2cnn(CC)c2C)cc1. The van der Waals surface area contributed by atoms with E-state index in [-0.39, 0.29) is 5.91 Å². The van der Waals surface area contributed by atoms with Gasteiger partial charge in [0.05, 0.1) is 17.6 Å². The third-order valence-electron chi connectivity index (χ3n) is 3.91. The predicted octanol–water partition coefficient (Wildman–Crippen LogP) is 3.31. The average Bonchev–Trinajstić information content (AvgIpc) is 2.89. The monoisotopic (exact) mass is 300 g/mol. The fourth-order valence-corrected chi connectivity index (χ4v) is 2.49. The van der Waals surface area contributed by atoms with Crippen LogP contribution < -0.4 is 10.2 Å². The van der Waals surface area contributed by atoms with Gasteiger partial charge in [-0.15, -0.1) is 0 Å². The van der Waals surface area contributed by atoms with Crippen LogP contribution in [0, 0.1) is 6.92 Å². The summed E-state index contributed by atoms with van der Waals surface area (Å²) < 4.78 is 1.86. The second kappa shape index (κ2) is 7.11. The van der Waals surface area contributed by atoms with Crippen LogP contribution in [-0.2, 0) is 6.54 Å². The number of hydrogen-bond donors (Lipinski definition) is 1. The first-order valence-electron chi connectivity index (χ1n) is 7.79. The second-order valence-electron chi connectivity index (χ2n) is 5.13. The minimum absolute atomic E-state index is 0.107. The highest BCUT2D eigenvalue weighted by Crippen LogP contribution is 2.18. The molecular formula is C17H24N4O. The van der Waals surface area contributed by atoms with Gasteiger partial charge in [-0.1, -0.05) is 0 Å². The van der Waals surface area contributed by atoms with Gasteiger partial charge in [-0.2, -0.15) is 5.10 Å². The van der Waals surface area contributed by atoms with Gasteiger partial charge >= 0.3 is 0 Å². The molecule has 1 heterocycles. The van der Waals surface area contributed by atoms with Crippen LogP contribution in [0.5, 0.6) is 0 Å². The summed E-state index contributed by atoms with van der Waals surface area (Å²) in [7, 11) is 0. The number of benzene rings is 1. The van der Waals surface area contributed by atoms with Crippen LogP contribution in [0.25, 0.3) is 0 Å². The number of aryl methyl sites for hydroxylation is 1. The number of rotatable bonds is 6. The third-order valence-corrected chi connectivity index (χ3v) is 3.91. The van der Waals surface area contributed by atoms with Gasteiger partial charge in [0.2, 0.25) is 0 Å². The molecule has 0 aliphatic rings. The van der Waals surface area contributed by atoms with E-state index in [1.807, 2.05) is 42.8 Å². The Labute approximate surface area is 131 Å². The van der Waals surface area contributed by atoms with E-state index in [9.17, 15) is 4.79 Å². The molecule has 2 rings (SSSR count). The number of anilines is 2. The van der Waals surface area contributed by atoms with E-state index in [2.05, 4.69) is 29.2 Å². The third kappa shape index (κ3) is 3.30. The van der Waals surface area contributed by atoms with Crippen molar-refractivity contribution < 1.29 is 4.79 Å². The zero-order valence-corrected chi connectivity index (χ0v) is 13.8. The van der Waals surface area contributed by atoms with E-state index in [1.54, 1.807) is 6.20 Å². The predicted molar refractivity (Wildman–Crippen MR) is 90.6 cm³/mol. The molecular weight excluding hydrogens is 276 g/mol. The van der Waals surface area contributed by atoms with Crippen molar-refractivity contribution >= 4 is 17.3 Å². The van der Waals surface area contributed by atoms with Crippen molar-refractivity contribution in [3.8, 4) is 0 Å². The van der Waals surface area contributed by atoms with Crippen LogP contribution in [0.2, 0.25) is 0 Å². The summed E-state index contributed by atoms with van der Waals surface area (Å²) >= 11 is 0. The average molecular weight is 300 g/mol. The molecule has 1 N–H and O–H groups in total. The van der Waals surface area contributed by atoms with E-state index in [4.69, 9.17) is 0 Å². The number of nitrogens with one attached hydrogen (secondary N) is 1. The molecule has 5 heteroatoms. The van der Waals surface area contributed by atoms with Gasteiger partial charge in [0.15, 0.2) is 0 Å². The van der Waals surface area contributed by atoms with Crippen molar-refractivity contribution in [2.24, 2.45) is 0 Å². The van der Waals surface area contributed by atoms with Gasteiger partial charge in [-0.3, -0.25) is 9.48 Å². The Balaban J connectivity index is 2.11. The first kappa shape index (κ1) is 16.1. The fraction of sp³-hybridized carbons (Fsp3) is 0.412. The molecule has 0 saturated carbocycles. The van der Waals surface area contributed by atoms with Crippen molar-refractivity contribution in [1.29, 1.82) is 0 Å². The Bertz CT molecular complexity index is 627. The first-order chi connectivity index (χ1) is 10.6. The topological polar surface area (TPSA) is 50.2 Å². The molecule has 0 fully saturated rings. The van der Waals surface area contributed by atoms with Gasteiger partial charge in [-0.25, -0.2) is 0 Å². The first-order valence-corrected chi connectivity index (χ1v) is 7.79. The standard InChI is InChI=1S/C17H24N4O/c1-5-20(6-2)15-10-8-14(9-11-15)17(22)19-16-12-18-21(7-3)13(16)4/h8-12H,5-7H2,1-4H3,(H,19,22). The molecule has 0 aliphatic heterocycles. The van der Waals surface area contributed by atoms with E-state index in [0.717, 1.165) is 36.7 Å². The Morgan fingerprint density at radius 3 is 2.32 bits per heavy atom. The smallest absolute Gasteiger partial charge is 0.255 e. The summed E-state index contributed by atoms with van der Waals surface area (Å²) in [5.41, 5.74) is 3.52. The van der Waals surface area contributed by atoms with Crippen LogP contribution >= 0.6 is 0 Å². The van der Waals surface area contributed by atoms with Gasteiger partial charge in [0.1, 0.15) is 0 Å². The largest absolute Gasteiger partial charge is 0.372 e. The molecule has 0 radical (unpaired) electrons. The van der Waals surface area contributed by atoms with Crippen LogP contribution in [0.3, 0.4) is 0 Å². The number of carbonyl (C=O) groups excluding carboxylic acids is 1. The number of aromatic nitrogens is 2. The zero-order valence-electron chi connectivity index (χ0n) is 13.8. The van der Waals surface area contributed by atoms with Gasteiger partial charge in [0.25, 0.3) is 5.91 Å². The Kier molecular flexibility index (Phi) is 5.20. The molecule has 0 spiro atoms. The van der Waals surface area contributed by atoms with E-state index in [0.29, 0.717) is 5.56 Å². The normalized spacial score (nSPS) is 10.5. The Hall–Kier alpha value is -2.30. The summed E-state index contributed by atoms with van der Waals surface area (Å²) in [5.74, 6) is -0.107. The molecule has 0 saturated heterocycles. The lowest BCUT2D eigenvalue weighted by molar-refractivity contribution is 0.102. The van der Waals surface area contributed by atoms with Crippen molar-refractivity contribution in [3.05, 3.63) is 41.7 Å². The van der Waals surface area contributed by atoms with Crippen molar-refractivity contribution in [2.45, 2.75) is 34.2 Å². The van der Waals surface area contributed by atoms with Gasteiger partial charge in [-0.05, 0) is 52.0 Å². The number of carbonyl (C=O) groups is 1. The minimum Gasteiger partial charge on any atom is -0.372 e. The number of amides is 1. The highest BCUT2D eigenvalue weighted by atomic mass is 16.1. The molecule has 0 unspecified atom stereocenters. The fourth-order valence-electron chi connectivity index (χ4n) is 2.49. The Morgan fingerprint density at radius 1 is 1.18 bits per heavy atom. The summed E-state index contributed by atoms with van der Waals surface area (Å²) in [6.07, 6.45) is 1.70. The molecule has 0 atom stereocenters. The van der Waals surface area contributed by atoms with Gasteiger partial charge < -0.3 is 10.2 Å². The molecule has 1 amide bonds. The maximum atomic E-state index is 12.3. The number of nitrogens with zero attached hydrogens (tertiary/aromatic N) is 3. The lowest BCUT2D eigenvalue weighted by Crippen LogP contribution is -2.21. The summed E-state index contributed by atoms with van der Waals surface area (Å²) in [6, 6.07) is 7.71. The zero-order chi connectivity index (χ0) is 16.1. The molecule has 5 nitrogen and oxygen atoms in total. The maximum absolute atomic E-state index is 12.3. The number of hydrogen-bond acceptors (Lipinski definition) is 3. The van der Waals surface area contributed by atoms with Gasteiger partial charge in [0, 0.05) is 30.9 Å². The molecule has 1 aromatic heterocycles. The minimum atomic E-state index is -0.107. The van der Waals surface area contributed by atoms with E-state index >= 15 is 0 Å². The molecule has 1 aromatic carbocycles. The summed E-state index contributed by atoms with van der Waals surface area (Å²) in [5, 5.41) is 7.16. The maximum Gasteiger partial charge on any atom is 0.255 e. The highest BCUT2D eigenvalue weighted by molar-refractivity contribution is 6.04. The van der Waals surface area contributed by atoms with Crippen molar-refractivity contribution in [3.63, 3.8) is 0 Å². The molecule has 0 bridgehead atoms. The van der Waals surface area contributed by atoms with Crippen molar-refractivity contribution in [2.75, 3.05) is 23.3 Å². The molecule has 2 aromatic rings. The van der Waals surface area contributed by atoms with Crippen LogP contribution in [0.4, 0.5) is 11.4 Å². The quantitative estimate of drug-likeness (QED) is 0.890. The van der Waals surface area contributed by atoms with Crippen molar-refractivity contribution in [1.82, 2.24) is 9.78 Å². The van der Waals surface area contributed by atoms with Crippen LogP contribution in [-0.4, -0.2) is 28.8 Å². The molecule has 22 heavy (non-hydrogen) atoms. The summed E-state index contributed by atoms with van der Waals surface area (Å²) in [6.45, 7) is 10.9. The second-order valence-corrected chi connectivity index (χ2v) is 5.13. The molecule has 118 valence electrons. The molecule has 0 aliphatic carbocycles. The lowest BCUT2D eigenvalue weighted by atomic mass is 10.1. The van der Waals surface area contributed by atoms with Crippen LogP contribution in [0.15, 0.2) is 30.5 Å². The van der Waals surface area contributed by atoms with E-state index in [1.165, 1.54) is 0 Å². The lowest BCUT2D eigenvalue weighted by Gasteiger charge is -2.21. The summed E-state index contributed by atoms with van der Waals surface area (Å²) in [4.78, 5) is 14.6. The van der Waals surface area contributed by atoms with Crippen LogP contribution in [0.1, 0.15) is 36.8 Å². The highest BCUT2D eigenvalue weighted by Gasteiger charge is 2.11.